The second-order valence-electron chi connectivity index (χ2n) is 7.95. The topological polar surface area (TPSA) is 28.4 Å². The maximum Gasteiger partial charge on any atom is 0.118 e. The van der Waals surface area contributed by atoms with Gasteiger partial charge in [-0.2, -0.15) is 0 Å². The third-order valence-corrected chi connectivity index (χ3v) is 3.14. The minimum atomic E-state index is 0.119. The molecule has 3 heteroatoms. The van der Waals surface area contributed by atoms with Crippen LogP contribution in [0.15, 0.2) is 16.5 Å². The molecule has 1 N–H and O–H groups in total. The average Bonchev–Trinajstić information content (AvgIpc) is 2.71. The van der Waals surface area contributed by atoms with E-state index in [-0.39, 0.29) is 5.54 Å². The quantitative estimate of drug-likeness (QED) is 0.775. The molecule has 0 saturated carbocycles. The summed E-state index contributed by atoms with van der Waals surface area (Å²) in [5, 5.41) is 3.46. The predicted molar refractivity (Wildman–Crippen MR) is 90.3 cm³/mol. The molecule has 3 nitrogen and oxygen atoms in total. The third kappa shape index (κ3) is 8.27. The first-order valence-corrected chi connectivity index (χ1v) is 8.20. The normalized spacial score (nSPS) is 12.9. The molecule has 0 aliphatic heterocycles. The fourth-order valence-corrected chi connectivity index (χ4v) is 2.41. The van der Waals surface area contributed by atoms with Gasteiger partial charge in [-0.05, 0) is 44.7 Å². The second kappa shape index (κ2) is 8.00. The lowest BCUT2D eigenvalue weighted by atomic mass is 10.1. The number of rotatable bonds is 8. The highest BCUT2D eigenvalue weighted by Gasteiger charge is 2.14. The fourth-order valence-electron chi connectivity index (χ4n) is 2.41. The number of nitrogens with one attached hydrogen (secondary N) is 1. The van der Waals surface area contributed by atoms with E-state index in [0.717, 1.165) is 37.7 Å². The van der Waals surface area contributed by atoms with Crippen LogP contribution < -0.4 is 5.32 Å². The summed E-state index contributed by atoms with van der Waals surface area (Å²) in [6.45, 7) is 19.5. The Kier molecular flexibility index (Phi) is 6.95. The molecule has 1 heterocycles. The van der Waals surface area contributed by atoms with E-state index in [9.17, 15) is 0 Å². The van der Waals surface area contributed by atoms with Gasteiger partial charge in [-0.3, -0.25) is 4.90 Å². The average molecular weight is 294 g/mol. The number of hydrogen-bond acceptors (Lipinski definition) is 3. The maximum atomic E-state index is 5.97. The van der Waals surface area contributed by atoms with Crippen molar-refractivity contribution in [2.45, 2.75) is 67.1 Å². The highest BCUT2D eigenvalue weighted by Crippen LogP contribution is 2.14. The lowest BCUT2D eigenvalue weighted by Crippen LogP contribution is -2.34. The van der Waals surface area contributed by atoms with Crippen molar-refractivity contribution in [3.05, 3.63) is 23.7 Å². The van der Waals surface area contributed by atoms with Crippen molar-refractivity contribution < 1.29 is 4.42 Å². The van der Waals surface area contributed by atoms with E-state index in [1.54, 1.807) is 0 Å². The molecule has 0 aliphatic rings. The molecule has 0 bridgehead atoms. The minimum Gasteiger partial charge on any atom is -0.463 e. The number of nitrogens with zero attached hydrogens (tertiary/aromatic N) is 1. The fraction of sp³-hybridized carbons (Fsp3) is 0.778. The summed E-state index contributed by atoms with van der Waals surface area (Å²) in [7, 11) is 0. The molecular formula is C18H34N2O. The standard InChI is InChI=1S/C18H34N2O/c1-14(2)11-20(12-15(3)4)13-17-9-8-16(21-17)10-19-18(5,6)7/h8-9,14-15,19H,10-13H2,1-7H3. The predicted octanol–water partition coefficient (Wildman–Crippen LogP) is 4.28. The van der Waals surface area contributed by atoms with Gasteiger partial charge in [-0.1, -0.05) is 27.7 Å². The van der Waals surface area contributed by atoms with Crippen LogP contribution in [-0.2, 0) is 13.1 Å². The van der Waals surface area contributed by atoms with E-state index in [1.807, 2.05) is 0 Å². The van der Waals surface area contributed by atoms with Gasteiger partial charge in [0.15, 0.2) is 0 Å². The molecule has 0 spiro atoms. The van der Waals surface area contributed by atoms with Crippen molar-refractivity contribution in [2.24, 2.45) is 11.8 Å². The lowest BCUT2D eigenvalue weighted by Gasteiger charge is -2.25. The van der Waals surface area contributed by atoms with Gasteiger partial charge in [-0.25, -0.2) is 0 Å². The van der Waals surface area contributed by atoms with Crippen LogP contribution in [0.1, 0.15) is 60.0 Å². The van der Waals surface area contributed by atoms with E-state index in [4.69, 9.17) is 4.42 Å². The first-order valence-electron chi connectivity index (χ1n) is 8.20. The van der Waals surface area contributed by atoms with Crippen LogP contribution in [0.4, 0.5) is 0 Å². The van der Waals surface area contributed by atoms with Gasteiger partial charge in [0, 0.05) is 18.6 Å². The molecule has 122 valence electrons. The zero-order valence-electron chi connectivity index (χ0n) is 15.0. The van der Waals surface area contributed by atoms with Crippen molar-refractivity contribution in [3.63, 3.8) is 0 Å². The van der Waals surface area contributed by atoms with Crippen LogP contribution in [0.2, 0.25) is 0 Å². The summed E-state index contributed by atoms with van der Waals surface area (Å²) >= 11 is 0. The molecular weight excluding hydrogens is 260 g/mol. The van der Waals surface area contributed by atoms with Gasteiger partial charge in [0.2, 0.25) is 0 Å². The van der Waals surface area contributed by atoms with E-state index in [0.29, 0.717) is 11.8 Å². The molecule has 0 atom stereocenters. The largest absolute Gasteiger partial charge is 0.463 e. The molecule has 0 aliphatic carbocycles. The van der Waals surface area contributed by atoms with Gasteiger partial charge in [0.25, 0.3) is 0 Å². The molecule has 1 aromatic rings. The Labute approximate surface area is 131 Å². The van der Waals surface area contributed by atoms with Crippen LogP contribution in [-0.4, -0.2) is 23.5 Å². The molecule has 0 fully saturated rings. The molecule has 21 heavy (non-hydrogen) atoms. The van der Waals surface area contributed by atoms with E-state index < -0.39 is 0 Å². The number of furan rings is 1. The SMILES string of the molecule is CC(C)CN(Cc1ccc(CNC(C)(C)C)o1)CC(C)C. The van der Waals surface area contributed by atoms with E-state index in [1.165, 1.54) is 0 Å². The van der Waals surface area contributed by atoms with E-state index in [2.05, 4.69) is 70.8 Å². The highest BCUT2D eigenvalue weighted by molar-refractivity contribution is 5.07. The molecule has 0 aromatic carbocycles. The smallest absolute Gasteiger partial charge is 0.118 e. The van der Waals surface area contributed by atoms with Crippen molar-refractivity contribution in [1.29, 1.82) is 0 Å². The Morgan fingerprint density at radius 2 is 1.52 bits per heavy atom. The molecule has 0 amide bonds. The Hall–Kier alpha value is -0.800. The van der Waals surface area contributed by atoms with Crippen molar-refractivity contribution >= 4 is 0 Å². The van der Waals surface area contributed by atoms with E-state index >= 15 is 0 Å². The van der Waals surface area contributed by atoms with Gasteiger partial charge in [-0.15, -0.1) is 0 Å². The van der Waals surface area contributed by atoms with Gasteiger partial charge in [0.05, 0.1) is 13.1 Å². The summed E-state index contributed by atoms with van der Waals surface area (Å²) in [5.41, 5.74) is 0.119. The van der Waals surface area contributed by atoms with Gasteiger partial charge >= 0.3 is 0 Å². The molecule has 1 aromatic heterocycles. The monoisotopic (exact) mass is 294 g/mol. The van der Waals surface area contributed by atoms with Gasteiger partial charge in [0.1, 0.15) is 11.5 Å². The Morgan fingerprint density at radius 3 is 2.00 bits per heavy atom. The first kappa shape index (κ1) is 18.2. The zero-order valence-corrected chi connectivity index (χ0v) is 15.0. The molecule has 1 rings (SSSR count). The lowest BCUT2D eigenvalue weighted by molar-refractivity contribution is 0.195. The van der Waals surface area contributed by atoms with Crippen LogP contribution in [0.3, 0.4) is 0 Å². The molecule has 0 unspecified atom stereocenters. The summed E-state index contributed by atoms with van der Waals surface area (Å²) in [5.74, 6) is 3.46. The Balaban J connectivity index is 2.57. The zero-order chi connectivity index (χ0) is 16.0. The Morgan fingerprint density at radius 1 is 1.00 bits per heavy atom. The minimum absolute atomic E-state index is 0.119. The summed E-state index contributed by atoms with van der Waals surface area (Å²) < 4.78 is 5.97. The maximum absolute atomic E-state index is 5.97. The summed E-state index contributed by atoms with van der Waals surface area (Å²) in [4.78, 5) is 2.50. The van der Waals surface area contributed by atoms with Gasteiger partial charge < -0.3 is 9.73 Å². The van der Waals surface area contributed by atoms with Crippen molar-refractivity contribution in [1.82, 2.24) is 10.2 Å². The summed E-state index contributed by atoms with van der Waals surface area (Å²) in [6.07, 6.45) is 0. The molecule has 0 saturated heterocycles. The van der Waals surface area contributed by atoms with Crippen LogP contribution in [0.5, 0.6) is 0 Å². The highest BCUT2D eigenvalue weighted by atomic mass is 16.3. The first-order chi connectivity index (χ1) is 9.65. The Bertz CT molecular complexity index is 392. The summed E-state index contributed by atoms with van der Waals surface area (Å²) in [6, 6.07) is 4.21. The van der Waals surface area contributed by atoms with Crippen molar-refractivity contribution in [3.8, 4) is 0 Å². The van der Waals surface area contributed by atoms with Crippen LogP contribution in [0.25, 0.3) is 0 Å². The number of hydrogen-bond donors (Lipinski definition) is 1. The molecule has 0 radical (unpaired) electrons. The van der Waals surface area contributed by atoms with Crippen molar-refractivity contribution in [2.75, 3.05) is 13.1 Å². The van der Waals surface area contributed by atoms with Crippen LogP contribution in [0, 0.1) is 11.8 Å². The third-order valence-electron chi connectivity index (χ3n) is 3.14. The van der Waals surface area contributed by atoms with Crippen LogP contribution >= 0.6 is 0 Å². The second-order valence-corrected chi connectivity index (χ2v) is 7.95.